The highest BCUT2D eigenvalue weighted by atomic mass is 19.1. The Morgan fingerprint density at radius 1 is 1.33 bits per heavy atom. The molecule has 0 fully saturated rings. The molecule has 12 heavy (non-hydrogen) atoms. The van der Waals surface area contributed by atoms with Gasteiger partial charge in [0.1, 0.15) is 11.3 Å². The van der Waals surface area contributed by atoms with E-state index >= 15 is 0 Å². The van der Waals surface area contributed by atoms with Gasteiger partial charge in [0, 0.05) is 6.07 Å². The standard InChI is InChI=1S/C7H5FO4/c8-5-2-3(9)1-4(6(5)10)7(11)12/h1-2,9-10H,(H,11,12). The van der Waals surface area contributed by atoms with Gasteiger partial charge in [0.2, 0.25) is 0 Å². The fourth-order valence-corrected chi connectivity index (χ4v) is 0.748. The summed E-state index contributed by atoms with van der Waals surface area (Å²) in [5.74, 6) is -4.17. The Morgan fingerprint density at radius 2 is 1.92 bits per heavy atom. The van der Waals surface area contributed by atoms with E-state index in [0.717, 1.165) is 6.07 Å². The average molecular weight is 172 g/mol. The molecule has 1 aromatic carbocycles. The second-order valence-corrected chi connectivity index (χ2v) is 2.13. The number of aromatic hydroxyl groups is 2. The molecule has 0 unspecified atom stereocenters. The SMILES string of the molecule is O=C(O)c1cc(O)cc(F)c1O. The van der Waals surface area contributed by atoms with E-state index in [9.17, 15) is 9.18 Å². The number of rotatable bonds is 1. The van der Waals surface area contributed by atoms with Gasteiger partial charge in [0.25, 0.3) is 0 Å². The van der Waals surface area contributed by atoms with Gasteiger partial charge in [-0.25, -0.2) is 9.18 Å². The summed E-state index contributed by atoms with van der Waals surface area (Å²) in [4.78, 5) is 10.3. The number of phenols is 2. The van der Waals surface area contributed by atoms with Crippen LogP contribution in [0, 0.1) is 5.82 Å². The Kier molecular flexibility index (Phi) is 1.86. The van der Waals surface area contributed by atoms with E-state index in [1.165, 1.54) is 0 Å². The molecule has 0 aliphatic heterocycles. The summed E-state index contributed by atoms with van der Waals surface area (Å²) >= 11 is 0. The van der Waals surface area contributed by atoms with Crippen molar-refractivity contribution in [3.8, 4) is 11.5 Å². The molecule has 0 heterocycles. The minimum absolute atomic E-state index is 0.539. The van der Waals surface area contributed by atoms with Gasteiger partial charge in [-0.3, -0.25) is 0 Å². The van der Waals surface area contributed by atoms with Crippen LogP contribution in [0.4, 0.5) is 4.39 Å². The number of hydrogen-bond donors (Lipinski definition) is 3. The van der Waals surface area contributed by atoms with Crippen LogP contribution < -0.4 is 0 Å². The largest absolute Gasteiger partial charge is 0.508 e. The molecular formula is C7H5FO4. The van der Waals surface area contributed by atoms with E-state index in [0.29, 0.717) is 6.07 Å². The molecule has 4 nitrogen and oxygen atoms in total. The van der Waals surface area contributed by atoms with Crippen LogP contribution in [0.2, 0.25) is 0 Å². The molecule has 0 bridgehead atoms. The van der Waals surface area contributed by atoms with E-state index in [-0.39, 0.29) is 0 Å². The summed E-state index contributed by atoms with van der Waals surface area (Å²) in [5, 5.41) is 26.0. The fraction of sp³-hybridized carbons (Fsp3) is 0. The van der Waals surface area contributed by atoms with Crippen molar-refractivity contribution >= 4 is 5.97 Å². The first-order chi connectivity index (χ1) is 5.52. The molecule has 0 saturated heterocycles. The van der Waals surface area contributed by atoms with Gasteiger partial charge in [-0.15, -0.1) is 0 Å². The van der Waals surface area contributed by atoms with Gasteiger partial charge in [-0.1, -0.05) is 0 Å². The molecular weight excluding hydrogens is 167 g/mol. The average Bonchev–Trinajstić information content (AvgIpc) is 1.96. The molecule has 1 rings (SSSR count). The third-order valence-corrected chi connectivity index (χ3v) is 1.28. The van der Waals surface area contributed by atoms with E-state index in [1.807, 2.05) is 0 Å². The van der Waals surface area contributed by atoms with Crippen molar-refractivity contribution in [2.75, 3.05) is 0 Å². The molecule has 3 N–H and O–H groups in total. The second-order valence-electron chi connectivity index (χ2n) is 2.13. The molecule has 0 amide bonds. The second kappa shape index (κ2) is 2.69. The number of halogens is 1. The third kappa shape index (κ3) is 1.29. The lowest BCUT2D eigenvalue weighted by Crippen LogP contribution is -1.97. The topological polar surface area (TPSA) is 77.8 Å². The van der Waals surface area contributed by atoms with E-state index < -0.39 is 28.8 Å². The maximum Gasteiger partial charge on any atom is 0.339 e. The van der Waals surface area contributed by atoms with Crippen molar-refractivity contribution in [1.29, 1.82) is 0 Å². The molecule has 64 valence electrons. The summed E-state index contributed by atoms with van der Waals surface area (Å²) in [6.07, 6.45) is 0. The molecule has 0 spiro atoms. The molecule has 1 aromatic rings. The minimum atomic E-state index is -1.50. The van der Waals surface area contributed by atoms with Crippen LogP contribution in [0.5, 0.6) is 11.5 Å². The number of carbonyl (C=O) groups is 1. The first-order valence-corrected chi connectivity index (χ1v) is 2.97. The maximum absolute atomic E-state index is 12.5. The zero-order valence-corrected chi connectivity index (χ0v) is 5.78. The molecule has 5 heteroatoms. The van der Waals surface area contributed by atoms with E-state index in [4.69, 9.17) is 15.3 Å². The zero-order valence-electron chi connectivity index (χ0n) is 5.78. The van der Waals surface area contributed by atoms with Gasteiger partial charge in [-0.05, 0) is 6.07 Å². The van der Waals surface area contributed by atoms with Crippen molar-refractivity contribution in [3.63, 3.8) is 0 Å². The highest BCUT2D eigenvalue weighted by Crippen LogP contribution is 2.25. The van der Waals surface area contributed by atoms with Crippen molar-refractivity contribution in [3.05, 3.63) is 23.5 Å². The number of aromatic carboxylic acids is 1. The number of carboxylic acid groups (broad SMARTS) is 1. The number of carboxylic acids is 1. The molecule has 0 aliphatic rings. The molecule has 0 saturated carbocycles. The predicted octanol–water partition coefficient (Wildman–Crippen LogP) is 0.935. The normalized spacial score (nSPS) is 9.75. The lowest BCUT2D eigenvalue weighted by Gasteiger charge is -2.00. The van der Waals surface area contributed by atoms with Crippen molar-refractivity contribution < 1.29 is 24.5 Å². The molecule has 0 radical (unpaired) electrons. The number of phenolic OH excluding ortho intramolecular Hbond substituents is 1. The smallest absolute Gasteiger partial charge is 0.339 e. The zero-order chi connectivity index (χ0) is 9.30. The van der Waals surface area contributed by atoms with Crippen LogP contribution in [0.15, 0.2) is 12.1 Å². The van der Waals surface area contributed by atoms with Gasteiger partial charge in [0.15, 0.2) is 11.6 Å². The van der Waals surface area contributed by atoms with Crippen molar-refractivity contribution in [1.82, 2.24) is 0 Å². The minimum Gasteiger partial charge on any atom is -0.508 e. The lowest BCUT2D eigenvalue weighted by atomic mass is 10.2. The summed E-state index contributed by atoms with van der Waals surface area (Å²) < 4.78 is 12.5. The monoisotopic (exact) mass is 172 g/mol. The van der Waals surface area contributed by atoms with Crippen LogP contribution in [-0.4, -0.2) is 21.3 Å². The molecule has 0 atom stereocenters. The third-order valence-electron chi connectivity index (χ3n) is 1.28. The molecule has 0 aromatic heterocycles. The quantitative estimate of drug-likeness (QED) is 0.551. The van der Waals surface area contributed by atoms with Crippen LogP contribution in [-0.2, 0) is 0 Å². The van der Waals surface area contributed by atoms with Crippen LogP contribution in [0.3, 0.4) is 0 Å². The van der Waals surface area contributed by atoms with Crippen LogP contribution in [0.25, 0.3) is 0 Å². The summed E-state index contributed by atoms with van der Waals surface area (Å²) in [7, 11) is 0. The van der Waals surface area contributed by atoms with Gasteiger partial charge >= 0.3 is 5.97 Å². The first kappa shape index (κ1) is 8.32. The van der Waals surface area contributed by atoms with Crippen molar-refractivity contribution in [2.45, 2.75) is 0 Å². The summed E-state index contributed by atoms with van der Waals surface area (Å²) in [5.41, 5.74) is -0.660. The highest BCUT2D eigenvalue weighted by Gasteiger charge is 2.14. The Balaban J connectivity index is 3.37. The molecule has 0 aliphatic carbocycles. The Hall–Kier alpha value is -1.78. The van der Waals surface area contributed by atoms with Gasteiger partial charge in [-0.2, -0.15) is 0 Å². The van der Waals surface area contributed by atoms with E-state index in [1.54, 1.807) is 0 Å². The van der Waals surface area contributed by atoms with Gasteiger partial charge in [0.05, 0.1) is 0 Å². The summed E-state index contributed by atoms with van der Waals surface area (Å²) in [6, 6.07) is 1.39. The predicted molar refractivity (Wildman–Crippen MR) is 36.7 cm³/mol. The number of hydrogen-bond acceptors (Lipinski definition) is 3. The Bertz CT molecular complexity index is 334. The Labute approximate surface area is 66.5 Å². The van der Waals surface area contributed by atoms with Crippen molar-refractivity contribution in [2.24, 2.45) is 0 Å². The lowest BCUT2D eigenvalue weighted by molar-refractivity contribution is 0.0692. The van der Waals surface area contributed by atoms with E-state index in [2.05, 4.69) is 0 Å². The van der Waals surface area contributed by atoms with Gasteiger partial charge < -0.3 is 15.3 Å². The number of benzene rings is 1. The van der Waals surface area contributed by atoms with Crippen LogP contribution >= 0.6 is 0 Å². The Morgan fingerprint density at radius 3 is 2.42 bits per heavy atom. The fourth-order valence-electron chi connectivity index (χ4n) is 0.748. The summed E-state index contributed by atoms with van der Waals surface area (Å²) in [6.45, 7) is 0. The van der Waals surface area contributed by atoms with Crippen LogP contribution in [0.1, 0.15) is 10.4 Å². The maximum atomic E-state index is 12.5. The highest BCUT2D eigenvalue weighted by molar-refractivity contribution is 5.91. The first-order valence-electron chi connectivity index (χ1n) is 2.97.